The maximum atomic E-state index is 6.91. The molecule has 0 atom stereocenters. The highest BCUT2D eigenvalue weighted by Gasteiger charge is 2.25. The van der Waals surface area contributed by atoms with Gasteiger partial charge in [0.25, 0.3) is 0 Å². The third-order valence-electron chi connectivity index (χ3n) is 12.6. The van der Waals surface area contributed by atoms with Gasteiger partial charge in [0.2, 0.25) is 0 Å². The number of furan rings is 1. The monoisotopic (exact) mass is 816 g/mol. The molecule has 3 heterocycles. The molecule has 0 N–H and O–H groups in total. The molecule has 0 unspecified atom stereocenters. The SMILES string of the molecule is c1ccc(-c2ccc(-c3nc(-c4cccc(-c5ccccc5)c4)nc(-c4ccc5oc6c7ccccc7ccc6c5c4-n4c5ccccc5c5cc6ccccc6cc54)n3)cc2)cc1. The molecule has 0 aliphatic carbocycles. The summed E-state index contributed by atoms with van der Waals surface area (Å²) in [5.74, 6) is 1.75. The maximum absolute atomic E-state index is 6.91. The number of hydrogen-bond acceptors (Lipinski definition) is 4. The van der Waals surface area contributed by atoms with Crippen molar-refractivity contribution in [2.24, 2.45) is 0 Å². The molecule has 298 valence electrons. The topological polar surface area (TPSA) is 56.7 Å². The summed E-state index contributed by atoms with van der Waals surface area (Å²) in [6.45, 7) is 0. The molecule has 3 aromatic heterocycles. The first-order valence-corrected chi connectivity index (χ1v) is 21.6. The summed E-state index contributed by atoms with van der Waals surface area (Å²) in [5, 5.41) is 8.91. The first-order valence-electron chi connectivity index (χ1n) is 21.6. The van der Waals surface area contributed by atoms with E-state index in [0.29, 0.717) is 17.5 Å². The van der Waals surface area contributed by atoms with Gasteiger partial charge in [-0.15, -0.1) is 0 Å². The van der Waals surface area contributed by atoms with Crippen molar-refractivity contribution in [1.82, 2.24) is 19.5 Å². The molecule has 0 amide bonds. The summed E-state index contributed by atoms with van der Waals surface area (Å²) >= 11 is 0. The van der Waals surface area contributed by atoms with Crippen LogP contribution < -0.4 is 0 Å². The molecule has 5 heteroatoms. The number of rotatable bonds is 6. The molecule has 10 aromatic carbocycles. The number of fused-ring (bicyclic) bond motifs is 9. The largest absolute Gasteiger partial charge is 0.455 e. The minimum Gasteiger partial charge on any atom is -0.455 e. The Morgan fingerprint density at radius 3 is 1.69 bits per heavy atom. The summed E-state index contributed by atoms with van der Waals surface area (Å²) in [5.41, 5.74) is 11.9. The molecular weight excluding hydrogens is 781 g/mol. The van der Waals surface area contributed by atoms with E-state index in [1.54, 1.807) is 0 Å². The van der Waals surface area contributed by atoms with E-state index < -0.39 is 0 Å². The van der Waals surface area contributed by atoms with E-state index in [1.165, 1.54) is 10.8 Å². The third-order valence-corrected chi connectivity index (χ3v) is 12.6. The van der Waals surface area contributed by atoms with Crippen LogP contribution in [0.25, 0.3) is 127 Å². The van der Waals surface area contributed by atoms with Gasteiger partial charge in [-0.1, -0.05) is 176 Å². The molecule has 0 fully saturated rings. The van der Waals surface area contributed by atoms with Crippen molar-refractivity contribution in [2.45, 2.75) is 0 Å². The highest BCUT2D eigenvalue weighted by atomic mass is 16.3. The zero-order chi connectivity index (χ0) is 42.1. The summed E-state index contributed by atoms with van der Waals surface area (Å²) in [6, 6.07) is 76.8. The third kappa shape index (κ3) is 5.83. The van der Waals surface area contributed by atoms with E-state index in [4.69, 9.17) is 19.4 Å². The van der Waals surface area contributed by atoms with Crippen molar-refractivity contribution in [1.29, 1.82) is 0 Å². The lowest BCUT2D eigenvalue weighted by Gasteiger charge is -2.16. The molecule has 0 spiro atoms. The lowest BCUT2D eigenvalue weighted by Crippen LogP contribution is -2.04. The second kappa shape index (κ2) is 14.5. The van der Waals surface area contributed by atoms with Gasteiger partial charge in [-0.2, -0.15) is 0 Å². The van der Waals surface area contributed by atoms with E-state index in [0.717, 1.165) is 99.1 Å². The normalized spacial score (nSPS) is 11.8. The van der Waals surface area contributed by atoms with Crippen LogP contribution in [0.1, 0.15) is 0 Å². The van der Waals surface area contributed by atoms with Gasteiger partial charge in [-0.05, 0) is 80.9 Å². The molecule has 0 saturated carbocycles. The van der Waals surface area contributed by atoms with Gasteiger partial charge in [0.15, 0.2) is 17.5 Å². The van der Waals surface area contributed by atoms with Crippen molar-refractivity contribution in [2.75, 3.05) is 0 Å². The number of hydrogen-bond donors (Lipinski definition) is 0. The summed E-state index contributed by atoms with van der Waals surface area (Å²) in [7, 11) is 0. The fourth-order valence-corrected chi connectivity index (χ4v) is 9.55. The minimum atomic E-state index is 0.566. The molecule has 0 saturated heterocycles. The zero-order valence-corrected chi connectivity index (χ0v) is 34.5. The van der Waals surface area contributed by atoms with Crippen LogP contribution in [0.15, 0.2) is 223 Å². The lowest BCUT2D eigenvalue weighted by molar-refractivity contribution is 0.672. The fourth-order valence-electron chi connectivity index (χ4n) is 9.55. The minimum absolute atomic E-state index is 0.566. The number of aromatic nitrogens is 4. The van der Waals surface area contributed by atoms with Gasteiger partial charge >= 0.3 is 0 Å². The van der Waals surface area contributed by atoms with Crippen molar-refractivity contribution in [3.8, 4) is 62.1 Å². The van der Waals surface area contributed by atoms with E-state index in [2.05, 4.69) is 211 Å². The van der Waals surface area contributed by atoms with Gasteiger partial charge in [-0.25, -0.2) is 15.0 Å². The van der Waals surface area contributed by atoms with Crippen LogP contribution >= 0.6 is 0 Å². The van der Waals surface area contributed by atoms with E-state index >= 15 is 0 Å². The Bertz CT molecular complexity index is 3940. The van der Waals surface area contributed by atoms with Gasteiger partial charge in [0, 0.05) is 38.2 Å². The standard InChI is InChI=1S/C59H36N4O/c1-3-14-37(15-4-1)39-26-28-41(29-27-39)57-60-58(45-22-13-21-42(34-45)38-16-5-2-6-17-38)62-59(61-57)49-32-33-53-54(48-31-30-40-18-9-10-23-46(40)56(48)64-53)55(49)63-51-25-12-11-24-47(51)50-35-43-19-7-8-20-44(43)36-52(50)63/h1-36H. The van der Waals surface area contributed by atoms with Crippen LogP contribution in [0.4, 0.5) is 0 Å². The molecular formula is C59H36N4O. The molecule has 0 aliphatic heterocycles. The van der Waals surface area contributed by atoms with Gasteiger partial charge in [-0.3, -0.25) is 0 Å². The Hall–Kier alpha value is -8.67. The van der Waals surface area contributed by atoms with E-state index in [1.807, 2.05) is 12.1 Å². The lowest BCUT2D eigenvalue weighted by atomic mass is 10.0. The number of nitrogens with zero attached hydrogens (tertiary/aromatic N) is 4. The molecule has 13 aromatic rings. The predicted molar refractivity (Wildman–Crippen MR) is 264 cm³/mol. The first kappa shape index (κ1) is 36.0. The van der Waals surface area contributed by atoms with Crippen LogP contribution in [-0.4, -0.2) is 19.5 Å². The average Bonchev–Trinajstić information content (AvgIpc) is 3.91. The summed E-state index contributed by atoms with van der Waals surface area (Å²) in [6.07, 6.45) is 0. The first-order chi connectivity index (χ1) is 31.7. The Kier molecular flexibility index (Phi) is 8.15. The second-order valence-corrected chi connectivity index (χ2v) is 16.4. The molecule has 0 radical (unpaired) electrons. The van der Waals surface area contributed by atoms with Crippen molar-refractivity contribution >= 4 is 65.3 Å². The quantitative estimate of drug-likeness (QED) is 0.168. The zero-order valence-electron chi connectivity index (χ0n) is 34.5. The maximum Gasteiger partial charge on any atom is 0.166 e. The van der Waals surface area contributed by atoms with Crippen LogP contribution in [0.3, 0.4) is 0 Å². The highest BCUT2D eigenvalue weighted by molar-refractivity contribution is 6.21. The van der Waals surface area contributed by atoms with Crippen LogP contribution in [0.2, 0.25) is 0 Å². The van der Waals surface area contributed by atoms with E-state index in [9.17, 15) is 0 Å². The van der Waals surface area contributed by atoms with Crippen LogP contribution in [0, 0.1) is 0 Å². The van der Waals surface area contributed by atoms with Crippen LogP contribution in [0.5, 0.6) is 0 Å². The summed E-state index contributed by atoms with van der Waals surface area (Å²) < 4.78 is 9.32. The molecule has 64 heavy (non-hydrogen) atoms. The average molecular weight is 817 g/mol. The highest BCUT2D eigenvalue weighted by Crippen LogP contribution is 2.45. The fraction of sp³-hybridized carbons (Fsp3) is 0. The second-order valence-electron chi connectivity index (χ2n) is 16.4. The Morgan fingerprint density at radius 1 is 0.328 bits per heavy atom. The number of para-hydroxylation sites is 1. The Balaban J connectivity index is 1.13. The van der Waals surface area contributed by atoms with Gasteiger partial charge in [0.05, 0.1) is 22.1 Å². The molecule has 0 aliphatic rings. The smallest absolute Gasteiger partial charge is 0.166 e. The van der Waals surface area contributed by atoms with Gasteiger partial charge in [0.1, 0.15) is 11.2 Å². The molecule has 5 nitrogen and oxygen atoms in total. The molecule has 13 rings (SSSR count). The Labute approximate surface area is 368 Å². The van der Waals surface area contributed by atoms with Gasteiger partial charge < -0.3 is 8.98 Å². The molecule has 0 bridgehead atoms. The summed E-state index contributed by atoms with van der Waals surface area (Å²) in [4.78, 5) is 16.1. The van der Waals surface area contributed by atoms with Crippen molar-refractivity contribution in [3.05, 3.63) is 218 Å². The Morgan fingerprint density at radius 2 is 0.906 bits per heavy atom. The van der Waals surface area contributed by atoms with E-state index in [-0.39, 0.29) is 0 Å². The van der Waals surface area contributed by atoms with Crippen LogP contribution in [-0.2, 0) is 0 Å². The number of benzene rings is 10. The van der Waals surface area contributed by atoms with Crippen molar-refractivity contribution in [3.63, 3.8) is 0 Å². The predicted octanol–water partition coefficient (Wildman–Crippen LogP) is 15.5. The van der Waals surface area contributed by atoms with Crippen molar-refractivity contribution < 1.29 is 4.42 Å².